The van der Waals surface area contributed by atoms with Gasteiger partial charge in [0.2, 0.25) is 11.8 Å². The fourth-order valence-corrected chi connectivity index (χ4v) is 2.01. The van der Waals surface area contributed by atoms with Gasteiger partial charge in [0.05, 0.1) is 6.54 Å². The van der Waals surface area contributed by atoms with E-state index in [9.17, 15) is 9.59 Å². The van der Waals surface area contributed by atoms with Gasteiger partial charge in [-0.1, -0.05) is 24.6 Å². The number of hydrogen-bond donors (Lipinski definition) is 2. The minimum Gasteiger partial charge on any atom is -0.491 e. The Balaban J connectivity index is 2.00. The molecule has 122 valence electrons. The van der Waals surface area contributed by atoms with Gasteiger partial charge in [0.25, 0.3) is 0 Å². The molecule has 0 aliphatic rings. The first-order valence-corrected chi connectivity index (χ1v) is 7.79. The third-order valence-electron chi connectivity index (χ3n) is 3.23. The van der Waals surface area contributed by atoms with E-state index in [2.05, 4.69) is 10.6 Å². The molecule has 5 heteroatoms. The third-order valence-corrected chi connectivity index (χ3v) is 3.23. The van der Waals surface area contributed by atoms with Crippen molar-refractivity contribution in [3.05, 3.63) is 29.8 Å². The molecule has 0 bridgehead atoms. The molecule has 0 aromatic heterocycles. The van der Waals surface area contributed by atoms with Crippen LogP contribution in [0, 0.1) is 6.92 Å². The summed E-state index contributed by atoms with van der Waals surface area (Å²) in [5, 5.41) is 5.59. The van der Waals surface area contributed by atoms with Crippen molar-refractivity contribution < 1.29 is 14.3 Å². The molecule has 2 amide bonds. The van der Waals surface area contributed by atoms with Crippen LogP contribution in [0.5, 0.6) is 5.75 Å². The first kappa shape index (κ1) is 18.0. The van der Waals surface area contributed by atoms with E-state index in [0.717, 1.165) is 30.6 Å². The minimum atomic E-state index is -0.00797. The van der Waals surface area contributed by atoms with Gasteiger partial charge in [0, 0.05) is 19.9 Å². The van der Waals surface area contributed by atoms with E-state index >= 15 is 0 Å². The van der Waals surface area contributed by atoms with Crippen LogP contribution in [0.25, 0.3) is 0 Å². The molecule has 22 heavy (non-hydrogen) atoms. The lowest BCUT2D eigenvalue weighted by Gasteiger charge is -2.09. The molecule has 0 saturated heterocycles. The number of para-hydroxylation sites is 1. The van der Waals surface area contributed by atoms with Gasteiger partial charge < -0.3 is 15.4 Å². The summed E-state index contributed by atoms with van der Waals surface area (Å²) in [7, 11) is 0. The van der Waals surface area contributed by atoms with E-state index in [-0.39, 0.29) is 11.8 Å². The topological polar surface area (TPSA) is 67.4 Å². The molecule has 1 rings (SSSR count). The molecule has 0 unspecified atom stereocenters. The first-order valence-electron chi connectivity index (χ1n) is 7.79. The summed E-state index contributed by atoms with van der Waals surface area (Å²) in [5.74, 6) is 0.897. The van der Waals surface area contributed by atoms with Gasteiger partial charge in [-0.3, -0.25) is 9.59 Å². The zero-order valence-corrected chi connectivity index (χ0v) is 13.5. The number of rotatable bonds is 10. The summed E-state index contributed by atoms with van der Waals surface area (Å²) in [6, 6.07) is 7.82. The van der Waals surface area contributed by atoms with Crippen LogP contribution in [-0.2, 0) is 9.59 Å². The number of carbonyl (C=O) groups excluding carboxylic acids is 2. The summed E-state index contributed by atoms with van der Waals surface area (Å²) in [5.41, 5.74) is 1.09. The van der Waals surface area contributed by atoms with Crippen LogP contribution in [0.4, 0.5) is 0 Å². The Morgan fingerprint density at radius 1 is 1.05 bits per heavy atom. The molecule has 1 aromatic rings. The van der Waals surface area contributed by atoms with Crippen molar-refractivity contribution in [3.63, 3.8) is 0 Å². The standard InChI is InChI=1S/C17H26N2O3/c1-14-8-5-6-9-16(14)22-13-12-19-17(21)10-4-3-7-11-18-15(2)20/h5-6,8-9H,3-4,7,10-13H2,1-2H3,(H,18,20)(H,19,21). The van der Waals surface area contributed by atoms with Crippen molar-refractivity contribution in [2.45, 2.75) is 39.5 Å². The maximum Gasteiger partial charge on any atom is 0.220 e. The minimum absolute atomic E-state index is 0.00797. The molecule has 0 saturated carbocycles. The Labute approximate surface area is 132 Å². The van der Waals surface area contributed by atoms with Crippen LogP contribution >= 0.6 is 0 Å². The van der Waals surface area contributed by atoms with E-state index in [1.165, 1.54) is 6.92 Å². The highest BCUT2D eigenvalue weighted by molar-refractivity contribution is 5.75. The van der Waals surface area contributed by atoms with E-state index in [4.69, 9.17) is 4.74 Å². The SMILES string of the molecule is CC(=O)NCCCCCC(=O)NCCOc1ccccc1C. The molecular weight excluding hydrogens is 280 g/mol. The molecule has 0 fully saturated rings. The molecule has 0 atom stereocenters. The monoisotopic (exact) mass is 306 g/mol. The number of benzene rings is 1. The van der Waals surface area contributed by atoms with Gasteiger partial charge in [-0.2, -0.15) is 0 Å². The lowest BCUT2D eigenvalue weighted by atomic mass is 10.2. The largest absolute Gasteiger partial charge is 0.491 e. The number of nitrogens with one attached hydrogen (secondary N) is 2. The normalized spacial score (nSPS) is 10.1. The predicted octanol–water partition coefficient (Wildman–Crippen LogP) is 2.19. The zero-order chi connectivity index (χ0) is 16.2. The fraction of sp³-hybridized carbons (Fsp3) is 0.529. The van der Waals surface area contributed by atoms with Crippen LogP contribution in [0.2, 0.25) is 0 Å². The second-order valence-corrected chi connectivity index (χ2v) is 5.26. The molecule has 0 heterocycles. The Kier molecular flexibility index (Phi) is 8.72. The fourth-order valence-electron chi connectivity index (χ4n) is 2.01. The average Bonchev–Trinajstić information content (AvgIpc) is 2.48. The Morgan fingerprint density at radius 2 is 1.82 bits per heavy atom. The lowest BCUT2D eigenvalue weighted by molar-refractivity contribution is -0.121. The number of unbranched alkanes of at least 4 members (excludes halogenated alkanes) is 2. The first-order chi connectivity index (χ1) is 10.6. The molecule has 1 aromatic carbocycles. The van der Waals surface area contributed by atoms with Crippen LogP contribution in [-0.4, -0.2) is 31.5 Å². The highest BCUT2D eigenvalue weighted by Gasteiger charge is 2.02. The van der Waals surface area contributed by atoms with Crippen molar-refractivity contribution in [1.29, 1.82) is 0 Å². The average molecular weight is 306 g/mol. The molecule has 5 nitrogen and oxygen atoms in total. The van der Waals surface area contributed by atoms with Crippen molar-refractivity contribution in [2.75, 3.05) is 19.7 Å². The zero-order valence-electron chi connectivity index (χ0n) is 13.5. The summed E-state index contributed by atoms with van der Waals surface area (Å²) >= 11 is 0. The summed E-state index contributed by atoms with van der Waals surface area (Å²) < 4.78 is 5.61. The van der Waals surface area contributed by atoms with Crippen LogP contribution in [0.15, 0.2) is 24.3 Å². The van der Waals surface area contributed by atoms with Crippen molar-refractivity contribution in [2.24, 2.45) is 0 Å². The second-order valence-electron chi connectivity index (χ2n) is 5.26. The van der Waals surface area contributed by atoms with E-state index in [0.29, 0.717) is 26.1 Å². The maximum atomic E-state index is 11.6. The molecule has 2 N–H and O–H groups in total. The summed E-state index contributed by atoms with van der Waals surface area (Å²) in [6.45, 7) is 5.17. The van der Waals surface area contributed by atoms with Gasteiger partial charge in [-0.05, 0) is 31.4 Å². The van der Waals surface area contributed by atoms with E-state index in [1.54, 1.807) is 0 Å². The van der Waals surface area contributed by atoms with Gasteiger partial charge in [0.1, 0.15) is 12.4 Å². The van der Waals surface area contributed by atoms with Crippen LogP contribution < -0.4 is 15.4 Å². The number of hydrogen-bond acceptors (Lipinski definition) is 3. The predicted molar refractivity (Wildman–Crippen MR) is 86.8 cm³/mol. The molecular formula is C17H26N2O3. The van der Waals surface area contributed by atoms with Crippen LogP contribution in [0.3, 0.4) is 0 Å². The highest BCUT2D eigenvalue weighted by Crippen LogP contribution is 2.15. The summed E-state index contributed by atoms with van der Waals surface area (Å²) in [6.07, 6.45) is 3.20. The van der Waals surface area contributed by atoms with Crippen molar-refractivity contribution in [3.8, 4) is 5.75 Å². The van der Waals surface area contributed by atoms with Crippen molar-refractivity contribution in [1.82, 2.24) is 10.6 Å². The third kappa shape index (κ3) is 8.29. The highest BCUT2D eigenvalue weighted by atomic mass is 16.5. The number of carbonyl (C=O) groups is 2. The van der Waals surface area contributed by atoms with Crippen molar-refractivity contribution >= 4 is 11.8 Å². The quantitative estimate of drug-likeness (QED) is 0.651. The Bertz CT molecular complexity index is 475. The number of amides is 2. The van der Waals surface area contributed by atoms with Gasteiger partial charge in [0.15, 0.2) is 0 Å². The molecule has 0 radical (unpaired) electrons. The van der Waals surface area contributed by atoms with E-state index < -0.39 is 0 Å². The van der Waals surface area contributed by atoms with Gasteiger partial charge in [-0.25, -0.2) is 0 Å². The van der Waals surface area contributed by atoms with E-state index in [1.807, 2.05) is 31.2 Å². The smallest absolute Gasteiger partial charge is 0.220 e. The summed E-state index contributed by atoms with van der Waals surface area (Å²) in [4.78, 5) is 22.3. The van der Waals surface area contributed by atoms with Gasteiger partial charge >= 0.3 is 0 Å². The number of aryl methyl sites for hydroxylation is 1. The Morgan fingerprint density at radius 3 is 2.55 bits per heavy atom. The lowest BCUT2D eigenvalue weighted by Crippen LogP contribution is -2.28. The molecule has 0 aliphatic heterocycles. The van der Waals surface area contributed by atoms with Crippen LogP contribution in [0.1, 0.15) is 38.2 Å². The molecule has 0 aliphatic carbocycles. The number of ether oxygens (including phenoxy) is 1. The Hall–Kier alpha value is -2.04. The van der Waals surface area contributed by atoms with Gasteiger partial charge in [-0.15, -0.1) is 0 Å². The maximum absolute atomic E-state index is 11.6. The molecule has 0 spiro atoms. The second kappa shape index (κ2) is 10.7.